The van der Waals surface area contributed by atoms with Crippen molar-refractivity contribution < 1.29 is 4.79 Å². The molecule has 110 valence electrons. The minimum absolute atomic E-state index is 0.281. The number of rotatable bonds is 5. The van der Waals surface area contributed by atoms with Crippen LogP contribution in [0.15, 0.2) is 30.3 Å². The summed E-state index contributed by atoms with van der Waals surface area (Å²) in [4.78, 5) is 14.5. The number of amides is 1. The Balaban J connectivity index is 2.00. The Morgan fingerprint density at radius 3 is 2.60 bits per heavy atom. The van der Waals surface area contributed by atoms with Gasteiger partial charge >= 0.3 is 0 Å². The predicted molar refractivity (Wildman–Crippen MR) is 82.4 cm³/mol. The van der Waals surface area contributed by atoms with Gasteiger partial charge in [-0.05, 0) is 36.3 Å². The number of nitrogens with zero attached hydrogens (tertiary/aromatic N) is 1. The molecule has 3 heteroatoms. The lowest BCUT2D eigenvalue weighted by molar-refractivity contribution is -0.130. The van der Waals surface area contributed by atoms with E-state index in [0.29, 0.717) is 30.7 Å². The molecular weight excluding hydrogens is 248 g/mol. The SMILES string of the molecule is CC(C)C(CC(=O)N1CCC(CN)C1)c1ccccc1. The maximum absolute atomic E-state index is 12.5. The number of likely N-dealkylation sites (tertiary alicyclic amines) is 1. The Hall–Kier alpha value is -1.35. The first-order valence-electron chi connectivity index (χ1n) is 7.64. The molecule has 0 saturated carbocycles. The number of benzene rings is 1. The first-order chi connectivity index (χ1) is 9.61. The van der Waals surface area contributed by atoms with E-state index >= 15 is 0 Å². The predicted octanol–water partition coefficient (Wildman–Crippen LogP) is 2.62. The molecule has 0 spiro atoms. The van der Waals surface area contributed by atoms with Crippen molar-refractivity contribution in [2.75, 3.05) is 19.6 Å². The lowest BCUT2D eigenvalue weighted by Gasteiger charge is -2.24. The van der Waals surface area contributed by atoms with E-state index in [1.165, 1.54) is 5.56 Å². The number of carbonyl (C=O) groups is 1. The molecule has 20 heavy (non-hydrogen) atoms. The molecule has 1 heterocycles. The molecule has 2 rings (SSSR count). The standard InChI is InChI=1S/C17H26N2O/c1-13(2)16(15-6-4-3-5-7-15)10-17(20)19-9-8-14(11-18)12-19/h3-7,13-14,16H,8-12,18H2,1-2H3. The van der Waals surface area contributed by atoms with Crippen molar-refractivity contribution in [3.05, 3.63) is 35.9 Å². The van der Waals surface area contributed by atoms with Crippen LogP contribution in [0.3, 0.4) is 0 Å². The van der Waals surface area contributed by atoms with E-state index in [-0.39, 0.29) is 5.91 Å². The van der Waals surface area contributed by atoms with E-state index in [0.717, 1.165) is 19.5 Å². The van der Waals surface area contributed by atoms with E-state index in [4.69, 9.17) is 5.73 Å². The summed E-state index contributed by atoms with van der Waals surface area (Å²) < 4.78 is 0. The highest BCUT2D eigenvalue weighted by Crippen LogP contribution is 2.29. The van der Waals surface area contributed by atoms with Crippen LogP contribution >= 0.6 is 0 Å². The summed E-state index contributed by atoms with van der Waals surface area (Å²) in [6.07, 6.45) is 1.67. The van der Waals surface area contributed by atoms with Crippen LogP contribution in [-0.4, -0.2) is 30.4 Å². The van der Waals surface area contributed by atoms with Crippen molar-refractivity contribution in [2.45, 2.75) is 32.6 Å². The fraction of sp³-hybridized carbons (Fsp3) is 0.588. The highest BCUT2D eigenvalue weighted by molar-refractivity contribution is 5.77. The van der Waals surface area contributed by atoms with Crippen molar-refractivity contribution in [1.29, 1.82) is 0 Å². The summed E-state index contributed by atoms with van der Waals surface area (Å²) in [7, 11) is 0. The number of nitrogens with two attached hydrogens (primary N) is 1. The zero-order chi connectivity index (χ0) is 14.5. The van der Waals surface area contributed by atoms with Crippen LogP contribution < -0.4 is 5.73 Å². The van der Waals surface area contributed by atoms with Crippen molar-refractivity contribution >= 4 is 5.91 Å². The third-order valence-electron chi connectivity index (χ3n) is 4.40. The van der Waals surface area contributed by atoms with E-state index in [2.05, 4.69) is 38.1 Å². The summed E-state index contributed by atoms with van der Waals surface area (Å²) in [6, 6.07) is 10.4. The van der Waals surface area contributed by atoms with Gasteiger partial charge in [0.25, 0.3) is 0 Å². The molecule has 1 aromatic rings. The van der Waals surface area contributed by atoms with Crippen LogP contribution in [0.25, 0.3) is 0 Å². The zero-order valence-electron chi connectivity index (χ0n) is 12.6. The van der Waals surface area contributed by atoms with Gasteiger partial charge in [-0.15, -0.1) is 0 Å². The molecule has 1 amide bonds. The third-order valence-corrected chi connectivity index (χ3v) is 4.40. The lowest BCUT2D eigenvalue weighted by Crippen LogP contribution is -2.31. The van der Waals surface area contributed by atoms with Crippen LogP contribution in [-0.2, 0) is 4.79 Å². The van der Waals surface area contributed by atoms with Crippen molar-refractivity contribution in [3.63, 3.8) is 0 Å². The van der Waals surface area contributed by atoms with Gasteiger partial charge in [0.1, 0.15) is 0 Å². The molecule has 0 radical (unpaired) electrons. The van der Waals surface area contributed by atoms with E-state index in [9.17, 15) is 4.79 Å². The molecule has 1 saturated heterocycles. The molecule has 2 N–H and O–H groups in total. The lowest BCUT2D eigenvalue weighted by atomic mass is 9.85. The summed E-state index contributed by atoms with van der Waals surface area (Å²) in [6.45, 7) is 6.79. The largest absolute Gasteiger partial charge is 0.342 e. The average Bonchev–Trinajstić information content (AvgIpc) is 2.94. The first kappa shape index (κ1) is 15.0. The van der Waals surface area contributed by atoms with Gasteiger partial charge in [-0.1, -0.05) is 44.2 Å². The second kappa shape index (κ2) is 6.89. The Labute approximate surface area is 122 Å². The highest BCUT2D eigenvalue weighted by atomic mass is 16.2. The molecule has 1 aliphatic rings. The number of carbonyl (C=O) groups excluding carboxylic acids is 1. The monoisotopic (exact) mass is 274 g/mol. The molecule has 0 bridgehead atoms. The fourth-order valence-corrected chi connectivity index (χ4v) is 3.01. The van der Waals surface area contributed by atoms with Gasteiger partial charge in [-0.25, -0.2) is 0 Å². The minimum atomic E-state index is 0.281. The van der Waals surface area contributed by atoms with Gasteiger partial charge in [0.05, 0.1) is 0 Å². The molecule has 2 atom stereocenters. The smallest absolute Gasteiger partial charge is 0.223 e. The van der Waals surface area contributed by atoms with Crippen molar-refractivity contribution in [3.8, 4) is 0 Å². The summed E-state index contributed by atoms with van der Waals surface area (Å²) >= 11 is 0. The summed E-state index contributed by atoms with van der Waals surface area (Å²) in [5.74, 6) is 1.55. The van der Waals surface area contributed by atoms with Crippen molar-refractivity contribution in [1.82, 2.24) is 4.90 Å². The van der Waals surface area contributed by atoms with E-state index in [1.807, 2.05) is 11.0 Å². The molecule has 3 nitrogen and oxygen atoms in total. The molecule has 0 aromatic heterocycles. The first-order valence-corrected chi connectivity index (χ1v) is 7.64. The Bertz CT molecular complexity index is 430. The molecule has 1 aromatic carbocycles. The minimum Gasteiger partial charge on any atom is -0.342 e. The molecule has 1 aliphatic heterocycles. The average molecular weight is 274 g/mol. The third kappa shape index (κ3) is 3.60. The Morgan fingerprint density at radius 1 is 1.35 bits per heavy atom. The van der Waals surface area contributed by atoms with Crippen LogP contribution in [0.2, 0.25) is 0 Å². The highest BCUT2D eigenvalue weighted by Gasteiger charge is 2.28. The van der Waals surface area contributed by atoms with Gasteiger partial charge in [-0.3, -0.25) is 4.79 Å². The van der Waals surface area contributed by atoms with Gasteiger partial charge in [-0.2, -0.15) is 0 Å². The van der Waals surface area contributed by atoms with E-state index in [1.54, 1.807) is 0 Å². The topological polar surface area (TPSA) is 46.3 Å². The van der Waals surface area contributed by atoms with Crippen LogP contribution in [0.5, 0.6) is 0 Å². The maximum Gasteiger partial charge on any atom is 0.223 e. The number of hydrogen-bond acceptors (Lipinski definition) is 2. The molecule has 2 unspecified atom stereocenters. The normalized spacial score (nSPS) is 20.4. The Kier molecular flexibility index (Phi) is 5.18. The Morgan fingerprint density at radius 2 is 2.05 bits per heavy atom. The zero-order valence-corrected chi connectivity index (χ0v) is 12.6. The second-order valence-electron chi connectivity index (χ2n) is 6.20. The quantitative estimate of drug-likeness (QED) is 0.897. The second-order valence-corrected chi connectivity index (χ2v) is 6.20. The molecule has 0 aliphatic carbocycles. The van der Waals surface area contributed by atoms with Gasteiger partial charge < -0.3 is 10.6 Å². The van der Waals surface area contributed by atoms with Gasteiger partial charge in [0, 0.05) is 19.5 Å². The van der Waals surface area contributed by atoms with Crippen LogP contribution in [0.1, 0.15) is 38.2 Å². The molecular formula is C17H26N2O. The van der Waals surface area contributed by atoms with Crippen LogP contribution in [0.4, 0.5) is 0 Å². The summed E-state index contributed by atoms with van der Waals surface area (Å²) in [5.41, 5.74) is 6.97. The van der Waals surface area contributed by atoms with Crippen LogP contribution in [0, 0.1) is 11.8 Å². The number of hydrogen-bond donors (Lipinski definition) is 1. The fourth-order valence-electron chi connectivity index (χ4n) is 3.01. The molecule has 1 fully saturated rings. The van der Waals surface area contributed by atoms with Gasteiger partial charge in [0.15, 0.2) is 0 Å². The van der Waals surface area contributed by atoms with Gasteiger partial charge in [0.2, 0.25) is 5.91 Å². The van der Waals surface area contributed by atoms with Crippen molar-refractivity contribution in [2.24, 2.45) is 17.6 Å². The summed E-state index contributed by atoms with van der Waals surface area (Å²) in [5, 5.41) is 0. The maximum atomic E-state index is 12.5. The van der Waals surface area contributed by atoms with E-state index < -0.39 is 0 Å².